The van der Waals surface area contributed by atoms with Crippen LogP contribution >= 0.6 is 0 Å². The van der Waals surface area contributed by atoms with Gasteiger partial charge in [-0.05, 0) is 76.4 Å². The zero-order valence-electron chi connectivity index (χ0n) is 18.4. The highest BCUT2D eigenvalue weighted by atomic mass is 28.4. The van der Waals surface area contributed by atoms with Crippen molar-refractivity contribution in [3.05, 3.63) is 12.2 Å². The summed E-state index contributed by atoms with van der Waals surface area (Å²) in [6, 6.07) is 0. The largest absolute Gasteiger partial charge is 0.469 e. The number of methoxy groups -OCH3 is 1. The van der Waals surface area contributed by atoms with Crippen LogP contribution in [0.2, 0.25) is 19.6 Å². The van der Waals surface area contributed by atoms with Crippen molar-refractivity contribution in [2.75, 3.05) is 7.11 Å². The van der Waals surface area contributed by atoms with E-state index in [1.54, 1.807) is 0 Å². The van der Waals surface area contributed by atoms with Gasteiger partial charge >= 0.3 is 11.9 Å². The maximum Gasteiger partial charge on any atom is 0.315 e. The number of carbonyl (C=O) groups is 2. The lowest BCUT2D eigenvalue weighted by Crippen LogP contribution is -2.56. The molecule has 5 rings (SSSR count). The smallest absolute Gasteiger partial charge is 0.315 e. The van der Waals surface area contributed by atoms with Gasteiger partial charge in [-0.25, -0.2) is 0 Å². The third kappa shape index (κ3) is 2.25. The summed E-state index contributed by atoms with van der Waals surface area (Å²) in [6.07, 6.45) is 5.40. The molecule has 8 atom stereocenters. The number of hydrogen-bond donors (Lipinski definition) is 0. The van der Waals surface area contributed by atoms with Crippen molar-refractivity contribution in [1.82, 2.24) is 0 Å². The van der Waals surface area contributed by atoms with Gasteiger partial charge in [0.15, 0.2) is 8.32 Å². The first-order valence-corrected chi connectivity index (χ1v) is 14.6. The van der Waals surface area contributed by atoms with Crippen LogP contribution < -0.4 is 0 Å². The first-order chi connectivity index (χ1) is 13.5. The Morgan fingerprint density at radius 3 is 2.62 bits per heavy atom. The Bertz CT molecular complexity index is 802. The van der Waals surface area contributed by atoms with Crippen LogP contribution in [0.25, 0.3) is 0 Å². The van der Waals surface area contributed by atoms with E-state index in [0.717, 1.165) is 38.5 Å². The Hall–Kier alpha value is -1.14. The Morgan fingerprint density at radius 2 is 1.97 bits per heavy atom. The number of hydrogen-bond acceptors (Lipinski definition) is 5. The second-order valence-electron chi connectivity index (χ2n) is 11.5. The Kier molecular flexibility index (Phi) is 3.93. The van der Waals surface area contributed by atoms with Crippen LogP contribution in [-0.4, -0.2) is 39.1 Å². The summed E-state index contributed by atoms with van der Waals surface area (Å²) in [4.78, 5) is 26.7. The van der Waals surface area contributed by atoms with Crippen LogP contribution in [-0.2, 0) is 23.5 Å². The summed E-state index contributed by atoms with van der Waals surface area (Å²) >= 11 is 0. The second-order valence-corrected chi connectivity index (χ2v) is 15.9. The first-order valence-electron chi connectivity index (χ1n) is 11.2. The van der Waals surface area contributed by atoms with Crippen molar-refractivity contribution in [2.45, 2.75) is 76.8 Å². The molecule has 6 heteroatoms. The molecule has 4 saturated carbocycles. The minimum atomic E-state index is -1.87. The highest BCUT2D eigenvalue weighted by Gasteiger charge is 2.83. The topological polar surface area (TPSA) is 61.8 Å². The Balaban J connectivity index is 1.68. The molecule has 1 aliphatic heterocycles. The lowest BCUT2D eigenvalue weighted by molar-refractivity contribution is -0.163. The van der Waals surface area contributed by atoms with Crippen molar-refractivity contribution >= 4 is 20.3 Å². The van der Waals surface area contributed by atoms with Crippen LogP contribution in [0.1, 0.15) is 45.4 Å². The fourth-order valence-corrected chi connectivity index (χ4v) is 9.57. The Labute approximate surface area is 174 Å². The number of esters is 2. The molecule has 5 aliphatic rings. The van der Waals surface area contributed by atoms with Crippen molar-refractivity contribution in [2.24, 2.45) is 34.5 Å². The molecule has 4 bridgehead atoms. The molecule has 1 spiro atoms. The molecule has 160 valence electrons. The van der Waals surface area contributed by atoms with Crippen LogP contribution in [0.5, 0.6) is 0 Å². The van der Waals surface area contributed by atoms with Crippen molar-refractivity contribution < 1.29 is 23.5 Å². The van der Waals surface area contributed by atoms with E-state index >= 15 is 0 Å². The summed E-state index contributed by atoms with van der Waals surface area (Å²) in [6.45, 7) is 12.9. The number of fused-ring (bicyclic) bond motifs is 1. The van der Waals surface area contributed by atoms with E-state index in [4.69, 9.17) is 13.9 Å². The molecule has 0 aromatic carbocycles. The van der Waals surface area contributed by atoms with Gasteiger partial charge in [-0.1, -0.05) is 12.2 Å². The third-order valence-electron chi connectivity index (χ3n) is 9.11. The standard InChI is InChI=1S/C23H34O5Si/c1-13-11-22-12-14(13)7-8-15(22)23-10-9-16(28-29(4,5)6)21(2,20(25)27-23)18(23)17(22)19(24)26-3/h14-18H,1,7-12H2,2-6H3/t14?,15-,16+,17-,18-,21?,22+,23-/m1/s1. The quantitative estimate of drug-likeness (QED) is 0.393. The molecule has 29 heavy (non-hydrogen) atoms. The van der Waals surface area contributed by atoms with E-state index in [1.165, 1.54) is 12.7 Å². The van der Waals surface area contributed by atoms with Crippen molar-refractivity contribution in [1.29, 1.82) is 0 Å². The molecule has 1 saturated heterocycles. The number of carbonyl (C=O) groups excluding carboxylic acids is 2. The van der Waals surface area contributed by atoms with E-state index in [1.807, 2.05) is 6.92 Å². The predicted octanol–water partition coefficient (Wildman–Crippen LogP) is 4.08. The molecule has 0 amide bonds. The minimum Gasteiger partial charge on any atom is -0.469 e. The molecular weight excluding hydrogens is 384 g/mol. The highest BCUT2D eigenvalue weighted by Crippen LogP contribution is 2.78. The number of allylic oxidation sites excluding steroid dienone is 1. The van der Waals surface area contributed by atoms with Gasteiger partial charge in [0.1, 0.15) is 5.60 Å². The normalized spacial score (nSPS) is 50.2. The van der Waals surface area contributed by atoms with E-state index < -0.39 is 19.3 Å². The average Bonchev–Trinajstić information content (AvgIpc) is 3.09. The fourth-order valence-electron chi connectivity index (χ4n) is 8.36. The van der Waals surface area contributed by atoms with Gasteiger partial charge in [-0.3, -0.25) is 9.59 Å². The molecule has 0 radical (unpaired) electrons. The second kappa shape index (κ2) is 5.76. The molecule has 2 unspecified atom stereocenters. The van der Waals surface area contributed by atoms with Crippen LogP contribution in [0.4, 0.5) is 0 Å². The van der Waals surface area contributed by atoms with Gasteiger partial charge in [0.2, 0.25) is 0 Å². The molecule has 0 N–H and O–H groups in total. The van der Waals surface area contributed by atoms with E-state index in [2.05, 4.69) is 26.2 Å². The average molecular weight is 419 g/mol. The van der Waals surface area contributed by atoms with E-state index in [-0.39, 0.29) is 41.2 Å². The van der Waals surface area contributed by atoms with Crippen molar-refractivity contribution in [3.8, 4) is 0 Å². The molecule has 0 aromatic rings. The van der Waals surface area contributed by atoms with Crippen LogP contribution in [0, 0.1) is 34.5 Å². The lowest BCUT2D eigenvalue weighted by atomic mass is 9.59. The number of ether oxygens (including phenoxy) is 2. The summed E-state index contributed by atoms with van der Waals surface area (Å²) < 4.78 is 18.3. The zero-order valence-corrected chi connectivity index (χ0v) is 19.4. The highest BCUT2D eigenvalue weighted by molar-refractivity contribution is 6.69. The van der Waals surface area contributed by atoms with Gasteiger partial charge in [-0.15, -0.1) is 0 Å². The molecule has 1 heterocycles. The van der Waals surface area contributed by atoms with E-state index in [9.17, 15) is 9.59 Å². The maximum absolute atomic E-state index is 13.4. The van der Waals surface area contributed by atoms with Gasteiger partial charge < -0.3 is 13.9 Å². The molecule has 5 nitrogen and oxygen atoms in total. The molecular formula is C23H34O5Si. The fraction of sp³-hybridized carbons (Fsp3) is 0.826. The summed E-state index contributed by atoms with van der Waals surface area (Å²) in [5, 5.41) is 0. The molecule has 5 fully saturated rings. The van der Waals surface area contributed by atoms with Gasteiger partial charge in [0.25, 0.3) is 0 Å². The summed E-state index contributed by atoms with van der Waals surface area (Å²) in [5.74, 6) is -0.102. The number of rotatable bonds is 3. The summed E-state index contributed by atoms with van der Waals surface area (Å²) in [5.41, 5.74) is -0.227. The van der Waals surface area contributed by atoms with Crippen LogP contribution in [0.15, 0.2) is 12.2 Å². The zero-order chi connectivity index (χ0) is 21.0. The predicted molar refractivity (Wildman–Crippen MR) is 110 cm³/mol. The lowest BCUT2D eigenvalue weighted by Gasteiger charge is -2.47. The van der Waals surface area contributed by atoms with Crippen LogP contribution in [0.3, 0.4) is 0 Å². The molecule has 0 aromatic heterocycles. The first kappa shape index (κ1) is 19.8. The van der Waals surface area contributed by atoms with Crippen molar-refractivity contribution in [3.63, 3.8) is 0 Å². The van der Waals surface area contributed by atoms with E-state index in [0.29, 0.717) is 5.92 Å². The van der Waals surface area contributed by atoms with Gasteiger partial charge in [-0.2, -0.15) is 0 Å². The van der Waals surface area contributed by atoms with Gasteiger partial charge in [0.05, 0.1) is 24.5 Å². The molecule has 4 aliphatic carbocycles. The maximum atomic E-state index is 13.4. The third-order valence-corrected chi connectivity index (χ3v) is 10.1. The SMILES string of the molecule is C=C1C[C@]23CC1CC[C@H]2[C@@]12CC[C@H](O[Si](C)(C)C)C(C)(C(=O)O1)[C@H]2[C@@H]3C(=O)OC. The monoisotopic (exact) mass is 418 g/mol. The van der Waals surface area contributed by atoms with Gasteiger partial charge in [0, 0.05) is 11.8 Å². The minimum absolute atomic E-state index is 0.161. The Morgan fingerprint density at radius 1 is 1.24 bits per heavy atom. The summed E-state index contributed by atoms with van der Waals surface area (Å²) in [7, 11) is -0.390.